The molecule has 0 bridgehead atoms. The third kappa shape index (κ3) is 2.95. The van der Waals surface area contributed by atoms with Crippen LogP contribution in [0.5, 0.6) is 0 Å². The summed E-state index contributed by atoms with van der Waals surface area (Å²) in [6.07, 6.45) is -4.46. The number of alkyl halides is 3. The minimum atomic E-state index is -4.46. The van der Waals surface area contributed by atoms with Crippen molar-refractivity contribution < 1.29 is 13.2 Å². The number of nitrogens with zero attached hydrogens (tertiary/aromatic N) is 1. The predicted octanol–water partition coefficient (Wildman–Crippen LogP) is 3.92. The standard InChI is InChI=1S/C10H11F3N2O/c1-6(2)14-8-4-3-7(10(11,12)13)5-9(8)15-16/h3-6,14H,1-2H3. The van der Waals surface area contributed by atoms with Gasteiger partial charge in [-0.3, -0.25) is 0 Å². The van der Waals surface area contributed by atoms with Crippen LogP contribution in [0.1, 0.15) is 19.4 Å². The first kappa shape index (κ1) is 12.5. The molecule has 0 amide bonds. The molecule has 1 aromatic carbocycles. The Hall–Kier alpha value is -1.59. The van der Waals surface area contributed by atoms with E-state index in [1.54, 1.807) is 0 Å². The SMILES string of the molecule is CC(C)Nc1ccc(C(F)(F)F)cc1N=O. The largest absolute Gasteiger partial charge is 0.416 e. The zero-order valence-corrected chi connectivity index (χ0v) is 8.80. The van der Waals surface area contributed by atoms with Crippen molar-refractivity contribution in [2.45, 2.75) is 26.1 Å². The normalized spacial score (nSPS) is 11.6. The van der Waals surface area contributed by atoms with Crippen molar-refractivity contribution >= 4 is 11.4 Å². The summed E-state index contributed by atoms with van der Waals surface area (Å²) >= 11 is 0. The van der Waals surface area contributed by atoms with Crippen molar-refractivity contribution in [2.75, 3.05) is 5.32 Å². The number of hydrogen-bond acceptors (Lipinski definition) is 3. The lowest BCUT2D eigenvalue weighted by Crippen LogP contribution is -2.11. The van der Waals surface area contributed by atoms with E-state index >= 15 is 0 Å². The fraction of sp³-hybridized carbons (Fsp3) is 0.400. The van der Waals surface area contributed by atoms with E-state index in [4.69, 9.17) is 0 Å². The highest BCUT2D eigenvalue weighted by atomic mass is 19.4. The molecule has 1 N–H and O–H groups in total. The quantitative estimate of drug-likeness (QED) is 0.802. The van der Waals surface area contributed by atoms with E-state index in [0.717, 1.165) is 12.1 Å². The maximum Gasteiger partial charge on any atom is 0.416 e. The first-order chi connectivity index (χ1) is 7.34. The maximum absolute atomic E-state index is 12.3. The van der Waals surface area contributed by atoms with Gasteiger partial charge in [0.2, 0.25) is 0 Å². The highest BCUT2D eigenvalue weighted by Crippen LogP contribution is 2.35. The molecule has 3 nitrogen and oxygen atoms in total. The van der Waals surface area contributed by atoms with Crippen molar-refractivity contribution in [2.24, 2.45) is 5.18 Å². The Bertz CT molecular complexity index is 388. The van der Waals surface area contributed by atoms with Crippen LogP contribution < -0.4 is 5.32 Å². The molecule has 1 aromatic rings. The molecule has 1 rings (SSSR count). The molecule has 16 heavy (non-hydrogen) atoms. The summed E-state index contributed by atoms with van der Waals surface area (Å²) in [6.45, 7) is 3.62. The highest BCUT2D eigenvalue weighted by Gasteiger charge is 2.31. The second-order valence-corrected chi connectivity index (χ2v) is 3.62. The summed E-state index contributed by atoms with van der Waals surface area (Å²) < 4.78 is 37.0. The van der Waals surface area contributed by atoms with Crippen LogP contribution in [0, 0.1) is 4.91 Å². The van der Waals surface area contributed by atoms with Crippen LogP contribution >= 0.6 is 0 Å². The number of hydrogen-bond donors (Lipinski definition) is 1. The number of benzene rings is 1. The highest BCUT2D eigenvalue weighted by molar-refractivity contribution is 5.66. The van der Waals surface area contributed by atoms with Gasteiger partial charge >= 0.3 is 6.18 Å². The monoisotopic (exact) mass is 232 g/mol. The first-order valence-electron chi connectivity index (χ1n) is 4.65. The molecular formula is C10H11F3N2O. The van der Waals surface area contributed by atoms with Crippen LogP contribution in [0.25, 0.3) is 0 Å². The van der Waals surface area contributed by atoms with Gasteiger partial charge in [-0.25, -0.2) is 0 Å². The Kier molecular flexibility index (Phi) is 3.51. The molecule has 0 atom stereocenters. The number of rotatable bonds is 3. The smallest absolute Gasteiger partial charge is 0.381 e. The minimum absolute atomic E-state index is 0.0113. The van der Waals surface area contributed by atoms with Gasteiger partial charge in [-0.2, -0.15) is 13.2 Å². The van der Waals surface area contributed by atoms with Gasteiger partial charge in [-0.05, 0) is 37.2 Å². The van der Waals surface area contributed by atoms with E-state index in [-0.39, 0.29) is 11.7 Å². The molecule has 6 heteroatoms. The van der Waals surface area contributed by atoms with Gasteiger partial charge < -0.3 is 5.32 Å². The fourth-order valence-electron chi connectivity index (χ4n) is 1.22. The van der Waals surface area contributed by atoms with Crippen LogP contribution in [0.3, 0.4) is 0 Å². The van der Waals surface area contributed by atoms with Crippen LogP contribution in [-0.4, -0.2) is 6.04 Å². The van der Waals surface area contributed by atoms with E-state index in [2.05, 4.69) is 10.5 Å². The van der Waals surface area contributed by atoms with Gasteiger partial charge in [0.05, 0.1) is 11.3 Å². The molecule has 0 spiro atoms. The first-order valence-corrected chi connectivity index (χ1v) is 4.65. The van der Waals surface area contributed by atoms with E-state index < -0.39 is 11.7 Å². The Morgan fingerprint density at radius 3 is 2.38 bits per heavy atom. The van der Waals surface area contributed by atoms with Crippen molar-refractivity contribution in [3.63, 3.8) is 0 Å². The van der Waals surface area contributed by atoms with Crippen molar-refractivity contribution in [3.05, 3.63) is 28.7 Å². The molecule has 0 aliphatic rings. The molecule has 88 valence electrons. The lowest BCUT2D eigenvalue weighted by Gasteiger charge is -2.13. The molecule has 0 heterocycles. The van der Waals surface area contributed by atoms with Crippen molar-refractivity contribution in [1.29, 1.82) is 0 Å². The van der Waals surface area contributed by atoms with Gasteiger partial charge in [0, 0.05) is 6.04 Å². The number of nitroso groups, excluding NO2 is 1. The Morgan fingerprint density at radius 2 is 1.94 bits per heavy atom. The van der Waals surface area contributed by atoms with Gasteiger partial charge in [0.1, 0.15) is 5.69 Å². The molecule has 0 radical (unpaired) electrons. The number of nitrogens with one attached hydrogen (secondary N) is 1. The third-order valence-corrected chi connectivity index (χ3v) is 1.87. The van der Waals surface area contributed by atoms with Crippen LogP contribution in [-0.2, 0) is 6.18 Å². The van der Waals surface area contributed by atoms with E-state index in [1.807, 2.05) is 13.8 Å². The number of halogens is 3. The molecule has 0 fully saturated rings. The maximum atomic E-state index is 12.3. The Balaban J connectivity index is 3.12. The zero-order valence-electron chi connectivity index (χ0n) is 8.80. The predicted molar refractivity (Wildman–Crippen MR) is 55.7 cm³/mol. The van der Waals surface area contributed by atoms with Gasteiger partial charge in [0.25, 0.3) is 0 Å². The molecule has 0 saturated carbocycles. The summed E-state index contributed by atoms with van der Waals surface area (Å²) in [5.74, 6) is 0. The van der Waals surface area contributed by atoms with E-state index in [9.17, 15) is 18.1 Å². The zero-order chi connectivity index (χ0) is 12.3. The van der Waals surface area contributed by atoms with Gasteiger partial charge in [0.15, 0.2) is 0 Å². The molecular weight excluding hydrogens is 221 g/mol. The Morgan fingerprint density at radius 1 is 1.31 bits per heavy atom. The summed E-state index contributed by atoms with van der Waals surface area (Å²) in [4.78, 5) is 10.4. The molecule has 0 saturated heterocycles. The number of anilines is 1. The topological polar surface area (TPSA) is 41.5 Å². The van der Waals surface area contributed by atoms with Gasteiger partial charge in [-0.1, -0.05) is 0 Å². The second-order valence-electron chi connectivity index (χ2n) is 3.62. The van der Waals surface area contributed by atoms with Crippen LogP contribution in [0.4, 0.5) is 24.5 Å². The van der Waals surface area contributed by atoms with E-state index in [1.165, 1.54) is 6.07 Å². The van der Waals surface area contributed by atoms with Crippen molar-refractivity contribution in [3.8, 4) is 0 Å². The summed E-state index contributed by atoms with van der Waals surface area (Å²) in [5.41, 5.74) is -0.807. The Labute approximate surface area is 90.6 Å². The summed E-state index contributed by atoms with van der Waals surface area (Å²) in [6, 6.07) is 2.87. The molecule has 0 aromatic heterocycles. The average Bonchev–Trinajstić information content (AvgIpc) is 2.15. The van der Waals surface area contributed by atoms with Gasteiger partial charge in [-0.15, -0.1) is 4.91 Å². The van der Waals surface area contributed by atoms with Crippen LogP contribution in [0.2, 0.25) is 0 Å². The van der Waals surface area contributed by atoms with E-state index in [0.29, 0.717) is 5.69 Å². The lowest BCUT2D eigenvalue weighted by molar-refractivity contribution is -0.137. The summed E-state index contributed by atoms with van der Waals surface area (Å²) in [7, 11) is 0. The van der Waals surface area contributed by atoms with Crippen molar-refractivity contribution in [1.82, 2.24) is 0 Å². The minimum Gasteiger partial charge on any atom is -0.381 e. The average molecular weight is 232 g/mol. The molecule has 0 aliphatic carbocycles. The third-order valence-electron chi connectivity index (χ3n) is 1.87. The van der Waals surface area contributed by atoms with Crippen LogP contribution in [0.15, 0.2) is 23.4 Å². The molecule has 0 unspecified atom stereocenters. The second kappa shape index (κ2) is 4.51. The lowest BCUT2D eigenvalue weighted by atomic mass is 10.1. The summed E-state index contributed by atoms with van der Waals surface area (Å²) in [5, 5.41) is 5.43. The molecule has 0 aliphatic heterocycles. The fourth-order valence-corrected chi connectivity index (χ4v) is 1.22.